The Labute approximate surface area is 52.1 Å². The van der Waals surface area contributed by atoms with Crippen molar-refractivity contribution in [3.05, 3.63) is 34.9 Å². The van der Waals surface area contributed by atoms with Crippen LogP contribution < -0.4 is 0 Å². The molecular formula is C5H5N3O. The van der Waals surface area contributed by atoms with Crippen LogP contribution in [0, 0.1) is 0 Å². The molecule has 0 saturated heterocycles. The first-order valence-electron chi connectivity index (χ1n) is 2.18. The van der Waals surface area contributed by atoms with Gasteiger partial charge in [0.2, 0.25) is 0 Å². The number of allylic oxidation sites excluding steroid dienone is 3. The molecule has 0 aromatic heterocycles. The molecule has 0 aliphatic rings. The average Bonchev–Trinajstić information content (AvgIpc) is 1.88. The summed E-state index contributed by atoms with van der Waals surface area (Å²) in [6.45, 7) is 3.31. The van der Waals surface area contributed by atoms with Gasteiger partial charge in [0.05, 0.1) is 5.70 Å². The van der Waals surface area contributed by atoms with Crippen molar-refractivity contribution < 1.29 is 4.79 Å². The van der Waals surface area contributed by atoms with E-state index in [1.165, 1.54) is 12.2 Å². The molecule has 0 radical (unpaired) electrons. The van der Waals surface area contributed by atoms with Crippen LogP contribution >= 0.6 is 0 Å². The summed E-state index contributed by atoms with van der Waals surface area (Å²) >= 11 is 0. The van der Waals surface area contributed by atoms with Gasteiger partial charge in [-0.1, -0.05) is 17.8 Å². The van der Waals surface area contributed by atoms with Crippen molar-refractivity contribution in [2.75, 3.05) is 0 Å². The zero-order chi connectivity index (χ0) is 7.11. The molecular weight excluding hydrogens is 118 g/mol. The average molecular weight is 123 g/mol. The standard InChI is InChI=1S/C5H5N3O/c1-2-3-5(4-9)7-8-6/h2-4H,1H2. The molecule has 0 rings (SSSR count). The van der Waals surface area contributed by atoms with Gasteiger partial charge in [0.15, 0.2) is 6.29 Å². The highest BCUT2D eigenvalue weighted by Gasteiger charge is 1.82. The second-order valence-electron chi connectivity index (χ2n) is 1.13. The number of azide groups is 1. The van der Waals surface area contributed by atoms with E-state index in [-0.39, 0.29) is 5.70 Å². The molecule has 0 aromatic carbocycles. The SMILES string of the molecule is C=CC=C(C=O)N=[N+]=[N-]. The summed E-state index contributed by atoms with van der Waals surface area (Å²) in [5.41, 5.74) is 7.85. The van der Waals surface area contributed by atoms with Crippen molar-refractivity contribution in [3.8, 4) is 0 Å². The van der Waals surface area contributed by atoms with Gasteiger partial charge in [-0.25, -0.2) is 0 Å². The van der Waals surface area contributed by atoms with Crippen LogP contribution in [0.5, 0.6) is 0 Å². The van der Waals surface area contributed by atoms with E-state index >= 15 is 0 Å². The third-order valence-electron chi connectivity index (χ3n) is 0.570. The van der Waals surface area contributed by atoms with E-state index < -0.39 is 0 Å². The first-order valence-corrected chi connectivity index (χ1v) is 2.18. The number of carbonyl (C=O) groups is 1. The zero-order valence-corrected chi connectivity index (χ0v) is 4.69. The number of hydrogen-bond donors (Lipinski definition) is 0. The Bertz CT molecular complexity index is 188. The van der Waals surface area contributed by atoms with Crippen LogP contribution in [0.2, 0.25) is 0 Å². The Balaban J connectivity index is 4.31. The van der Waals surface area contributed by atoms with Crippen molar-refractivity contribution >= 4 is 6.29 Å². The highest BCUT2D eigenvalue weighted by atomic mass is 16.1. The Morgan fingerprint density at radius 3 is 2.78 bits per heavy atom. The lowest BCUT2D eigenvalue weighted by molar-refractivity contribution is -0.104. The summed E-state index contributed by atoms with van der Waals surface area (Å²) in [7, 11) is 0. The molecule has 0 fully saturated rings. The minimum absolute atomic E-state index is 0.0347. The zero-order valence-electron chi connectivity index (χ0n) is 4.69. The normalized spacial score (nSPS) is 9.56. The predicted octanol–water partition coefficient (Wildman–Crippen LogP) is 1.57. The Morgan fingerprint density at radius 1 is 1.78 bits per heavy atom. The highest BCUT2D eigenvalue weighted by molar-refractivity contribution is 5.72. The van der Waals surface area contributed by atoms with Crippen molar-refractivity contribution in [1.82, 2.24) is 0 Å². The van der Waals surface area contributed by atoms with Crippen LogP contribution in [0.3, 0.4) is 0 Å². The van der Waals surface area contributed by atoms with Crippen LogP contribution in [-0.4, -0.2) is 6.29 Å². The summed E-state index contributed by atoms with van der Waals surface area (Å²) in [5.74, 6) is 0. The van der Waals surface area contributed by atoms with Gasteiger partial charge < -0.3 is 0 Å². The molecule has 0 heterocycles. The molecule has 4 heteroatoms. The third-order valence-corrected chi connectivity index (χ3v) is 0.570. The molecule has 0 amide bonds. The molecule has 0 N–H and O–H groups in total. The van der Waals surface area contributed by atoms with Gasteiger partial charge in [0.25, 0.3) is 0 Å². The fraction of sp³-hybridized carbons (Fsp3) is 0. The molecule has 0 atom stereocenters. The predicted molar refractivity (Wildman–Crippen MR) is 33.5 cm³/mol. The minimum Gasteiger partial charge on any atom is -0.298 e. The lowest BCUT2D eigenvalue weighted by atomic mass is 10.4. The number of carbonyl (C=O) groups excluding carboxylic acids is 1. The molecule has 0 aliphatic heterocycles. The summed E-state index contributed by atoms with van der Waals surface area (Å²) in [6.07, 6.45) is 3.16. The van der Waals surface area contributed by atoms with Gasteiger partial charge in [-0.3, -0.25) is 4.79 Å². The molecule has 46 valence electrons. The minimum atomic E-state index is 0.0347. The maximum atomic E-state index is 9.90. The smallest absolute Gasteiger partial charge is 0.152 e. The van der Waals surface area contributed by atoms with Crippen molar-refractivity contribution in [2.24, 2.45) is 5.11 Å². The lowest BCUT2D eigenvalue weighted by Crippen LogP contribution is -1.73. The van der Waals surface area contributed by atoms with E-state index in [0.29, 0.717) is 6.29 Å². The molecule has 0 aromatic rings. The van der Waals surface area contributed by atoms with Gasteiger partial charge in [-0.05, 0) is 11.6 Å². The monoisotopic (exact) mass is 123 g/mol. The van der Waals surface area contributed by atoms with Crippen LogP contribution in [0.15, 0.2) is 29.5 Å². The molecule has 0 unspecified atom stereocenters. The molecule has 9 heavy (non-hydrogen) atoms. The van der Waals surface area contributed by atoms with E-state index in [9.17, 15) is 4.79 Å². The molecule has 0 spiro atoms. The van der Waals surface area contributed by atoms with Crippen LogP contribution in [0.1, 0.15) is 0 Å². The van der Waals surface area contributed by atoms with Crippen molar-refractivity contribution in [1.29, 1.82) is 0 Å². The fourth-order valence-corrected chi connectivity index (χ4v) is 0.269. The Morgan fingerprint density at radius 2 is 2.44 bits per heavy atom. The Kier molecular flexibility index (Phi) is 3.83. The van der Waals surface area contributed by atoms with Crippen molar-refractivity contribution in [2.45, 2.75) is 0 Å². The maximum absolute atomic E-state index is 9.90. The first kappa shape index (κ1) is 7.46. The van der Waals surface area contributed by atoms with Crippen LogP contribution in [0.25, 0.3) is 10.4 Å². The van der Waals surface area contributed by atoms with Gasteiger partial charge >= 0.3 is 0 Å². The third kappa shape index (κ3) is 3.08. The van der Waals surface area contributed by atoms with E-state index in [1.54, 1.807) is 0 Å². The number of rotatable bonds is 3. The van der Waals surface area contributed by atoms with E-state index in [0.717, 1.165) is 0 Å². The highest BCUT2D eigenvalue weighted by Crippen LogP contribution is 1.90. The summed E-state index contributed by atoms with van der Waals surface area (Å²) in [4.78, 5) is 12.3. The number of aldehydes is 1. The number of hydrogen-bond acceptors (Lipinski definition) is 2. The first-order chi connectivity index (χ1) is 4.35. The second-order valence-corrected chi connectivity index (χ2v) is 1.13. The summed E-state index contributed by atoms with van der Waals surface area (Å²) < 4.78 is 0. The van der Waals surface area contributed by atoms with E-state index in [1.807, 2.05) is 0 Å². The number of nitrogens with zero attached hydrogens (tertiary/aromatic N) is 3. The van der Waals surface area contributed by atoms with Crippen LogP contribution in [-0.2, 0) is 4.79 Å². The largest absolute Gasteiger partial charge is 0.298 e. The van der Waals surface area contributed by atoms with E-state index in [2.05, 4.69) is 16.6 Å². The van der Waals surface area contributed by atoms with Gasteiger partial charge in [0.1, 0.15) is 0 Å². The molecule has 0 aliphatic carbocycles. The van der Waals surface area contributed by atoms with Gasteiger partial charge in [0, 0.05) is 4.91 Å². The van der Waals surface area contributed by atoms with Crippen LogP contribution in [0.4, 0.5) is 0 Å². The molecule has 4 nitrogen and oxygen atoms in total. The van der Waals surface area contributed by atoms with Crippen molar-refractivity contribution in [3.63, 3.8) is 0 Å². The lowest BCUT2D eigenvalue weighted by Gasteiger charge is -1.77. The quantitative estimate of drug-likeness (QED) is 0.140. The molecule has 0 bridgehead atoms. The summed E-state index contributed by atoms with van der Waals surface area (Å²) in [5, 5.41) is 3.03. The molecule has 0 saturated carbocycles. The fourth-order valence-electron chi connectivity index (χ4n) is 0.269. The Hall–Kier alpha value is -1.54. The summed E-state index contributed by atoms with van der Waals surface area (Å²) in [6, 6.07) is 0. The van der Waals surface area contributed by atoms with E-state index in [4.69, 9.17) is 5.53 Å². The maximum Gasteiger partial charge on any atom is 0.152 e. The topological polar surface area (TPSA) is 65.8 Å². The van der Waals surface area contributed by atoms with Gasteiger partial charge in [-0.15, -0.1) is 0 Å². The second kappa shape index (κ2) is 4.61. The van der Waals surface area contributed by atoms with Gasteiger partial charge in [-0.2, -0.15) is 0 Å².